The van der Waals surface area contributed by atoms with Crippen LogP contribution in [-0.4, -0.2) is 22.8 Å². The zero-order chi connectivity index (χ0) is 48.5. The highest BCUT2D eigenvalue weighted by Gasteiger charge is 2.16. The lowest BCUT2D eigenvalue weighted by Gasteiger charge is -2.27. The van der Waals surface area contributed by atoms with E-state index in [-0.39, 0.29) is 0 Å². The topological polar surface area (TPSA) is 103 Å². The number of rotatable bonds is 19. The number of benzene rings is 6. The summed E-state index contributed by atoms with van der Waals surface area (Å²) in [6, 6.07) is 50.8. The van der Waals surface area contributed by atoms with E-state index in [1.165, 1.54) is 0 Å². The van der Waals surface area contributed by atoms with Crippen molar-refractivity contribution in [2.75, 3.05) is 20.7 Å². The summed E-state index contributed by atoms with van der Waals surface area (Å²) < 4.78 is 0. The molecule has 69 heavy (non-hydrogen) atoms. The van der Waals surface area contributed by atoms with Gasteiger partial charge in [0.25, 0.3) is 0 Å². The number of anilines is 6. The molecule has 4 N–H and O–H groups in total. The van der Waals surface area contributed by atoms with Gasteiger partial charge in [-0.25, -0.2) is 0 Å². The standard InChI is InChI=1S/C61H58N8/c1-7-14-53(11-5)68(55-36-24-47(25-37-55)46-22-34-52(35-23-46)66-67-61-19-13-12-18-60(61)63)56-38-26-49(27-39-56)50-30-42-58(43-31-50)69(54(15-8-2)16-9-3)57-40-28-48(29-41-57)45-20-32-51(33-21-45)65-64-44(6)59(62)17-10-4/h7-8,10-43,62-63,65-66H,1,5,9H2,2-4,6H3/b15-8-,17-10-,53-14+,54-16+,62-59?,63-60?,64-44-,67-61-. The molecule has 0 bridgehead atoms. The Morgan fingerprint density at radius 2 is 0.971 bits per heavy atom. The van der Waals surface area contributed by atoms with Crippen molar-refractivity contribution < 1.29 is 0 Å². The molecule has 0 atom stereocenters. The minimum Gasteiger partial charge on any atom is -0.311 e. The van der Waals surface area contributed by atoms with Crippen molar-refractivity contribution in [3.8, 4) is 33.4 Å². The maximum atomic E-state index is 8.06. The third-order valence-electron chi connectivity index (χ3n) is 11.3. The molecule has 6 aromatic carbocycles. The van der Waals surface area contributed by atoms with Gasteiger partial charge in [0.1, 0.15) is 5.71 Å². The Kier molecular flexibility index (Phi) is 16.4. The van der Waals surface area contributed by atoms with E-state index in [2.05, 4.69) is 197 Å². The van der Waals surface area contributed by atoms with Crippen LogP contribution in [0.2, 0.25) is 0 Å². The van der Waals surface area contributed by atoms with E-state index in [9.17, 15) is 0 Å². The minimum absolute atomic E-state index is 0.373. The van der Waals surface area contributed by atoms with Crippen LogP contribution in [0, 0.1) is 10.8 Å². The van der Waals surface area contributed by atoms with E-state index in [1.807, 2.05) is 74.6 Å². The molecule has 6 aromatic rings. The fourth-order valence-corrected chi connectivity index (χ4v) is 7.74. The number of hydrogen-bond donors (Lipinski definition) is 4. The fraction of sp³-hybridized carbons (Fsp3) is 0.0820. The second-order valence-electron chi connectivity index (χ2n) is 16.0. The first kappa shape index (κ1) is 48.1. The van der Waals surface area contributed by atoms with Gasteiger partial charge in [-0.1, -0.05) is 129 Å². The first-order chi connectivity index (χ1) is 33.7. The lowest BCUT2D eigenvalue weighted by atomic mass is 10.0. The van der Waals surface area contributed by atoms with Crippen molar-refractivity contribution in [1.82, 2.24) is 0 Å². The molecule has 0 radical (unpaired) electrons. The van der Waals surface area contributed by atoms with E-state index in [4.69, 9.17) is 10.8 Å². The molecule has 342 valence electrons. The van der Waals surface area contributed by atoms with Crippen LogP contribution >= 0.6 is 0 Å². The van der Waals surface area contributed by atoms with Gasteiger partial charge >= 0.3 is 0 Å². The molecule has 8 nitrogen and oxygen atoms in total. The van der Waals surface area contributed by atoms with Crippen LogP contribution in [0.25, 0.3) is 33.4 Å². The largest absolute Gasteiger partial charge is 0.311 e. The van der Waals surface area contributed by atoms with Crippen molar-refractivity contribution in [1.29, 1.82) is 10.8 Å². The summed E-state index contributed by atoms with van der Waals surface area (Å²) in [5.41, 5.74) is 22.5. The zero-order valence-electron chi connectivity index (χ0n) is 39.7. The van der Waals surface area contributed by atoms with Crippen molar-refractivity contribution in [3.05, 3.63) is 243 Å². The van der Waals surface area contributed by atoms with Gasteiger partial charge in [-0.3, -0.25) is 21.7 Å². The molecule has 0 amide bonds. The number of hydrogen-bond acceptors (Lipinski definition) is 8. The molecule has 0 saturated carbocycles. The third kappa shape index (κ3) is 12.1. The van der Waals surface area contributed by atoms with Crippen LogP contribution in [0.1, 0.15) is 34.1 Å². The Hall–Kier alpha value is -8.88. The zero-order valence-corrected chi connectivity index (χ0v) is 39.7. The van der Waals surface area contributed by atoms with E-state index < -0.39 is 0 Å². The van der Waals surface area contributed by atoms with E-state index in [0.717, 1.165) is 85.3 Å². The predicted molar refractivity (Wildman–Crippen MR) is 298 cm³/mol. The Morgan fingerprint density at radius 1 is 0.565 bits per heavy atom. The summed E-state index contributed by atoms with van der Waals surface area (Å²) in [6.45, 7) is 16.0. The van der Waals surface area contributed by atoms with Crippen LogP contribution in [0.4, 0.5) is 34.1 Å². The van der Waals surface area contributed by atoms with Crippen molar-refractivity contribution in [3.63, 3.8) is 0 Å². The molecule has 0 saturated heterocycles. The fourth-order valence-electron chi connectivity index (χ4n) is 7.74. The van der Waals surface area contributed by atoms with Gasteiger partial charge in [0.05, 0.1) is 28.5 Å². The first-order valence-corrected chi connectivity index (χ1v) is 23.0. The molecule has 0 spiro atoms. The van der Waals surface area contributed by atoms with Crippen LogP contribution < -0.4 is 20.7 Å². The number of allylic oxidation sites excluding steroid dienone is 12. The van der Waals surface area contributed by atoms with Gasteiger partial charge < -0.3 is 9.80 Å². The van der Waals surface area contributed by atoms with Crippen molar-refractivity contribution >= 4 is 57.0 Å². The Bertz CT molecular complexity index is 3010. The monoisotopic (exact) mass is 902 g/mol. The molecule has 8 heteroatoms. The molecule has 1 aliphatic rings. The summed E-state index contributed by atoms with van der Waals surface area (Å²) in [6.07, 6.45) is 23.8. The minimum atomic E-state index is 0.373. The molecule has 1 aliphatic carbocycles. The van der Waals surface area contributed by atoms with Gasteiger partial charge in [0.15, 0.2) is 0 Å². The molecule has 0 unspecified atom stereocenters. The third-order valence-corrected chi connectivity index (χ3v) is 11.3. The highest BCUT2D eigenvalue weighted by Crippen LogP contribution is 2.37. The molecular weight excluding hydrogens is 845 g/mol. The Balaban J connectivity index is 1.08. The van der Waals surface area contributed by atoms with Gasteiger partial charge in [-0.15, -0.1) is 0 Å². The average molecular weight is 903 g/mol. The smallest absolute Gasteiger partial charge is 0.108 e. The van der Waals surface area contributed by atoms with E-state index in [1.54, 1.807) is 18.2 Å². The quantitative estimate of drug-likeness (QED) is 0.0281. The van der Waals surface area contributed by atoms with Crippen molar-refractivity contribution in [2.45, 2.75) is 34.1 Å². The van der Waals surface area contributed by atoms with Crippen LogP contribution in [0.15, 0.2) is 253 Å². The van der Waals surface area contributed by atoms with Crippen LogP contribution in [0.5, 0.6) is 0 Å². The SMILES string of the molecule is C=C/C=C(\C=C)N(c1ccc(-c2ccc(N/N=C3/C=CC=CC3=N)cc2)cc1)c1ccc(-c2ccc(N(C(/C=C\C)=C/CC)c3ccc(-c4ccc(N/N=C(/C)C(=N)/C=C\C)cc4)cc3)cc2)cc1. The highest BCUT2D eigenvalue weighted by molar-refractivity contribution is 6.50. The lowest BCUT2D eigenvalue weighted by Crippen LogP contribution is -2.15. The molecular formula is C61H58N8. The summed E-state index contributed by atoms with van der Waals surface area (Å²) in [5, 5.41) is 24.9. The molecule has 0 fully saturated rings. The number of nitrogens with zero attached hydrogens (tertiary/aromatic N) is 4. The number of nitrogens with one attached hydrogen (secondary N) is 4. The average Bonchev–Trinajstić information content (AvgIpc) is 3.39. The maximum Gasteiger partial charge on any atom is 0.108 e. The first-order valence-electron chi connectivity index (χ1n) is 23.0. The highest BCUT2D eigenvalue weighted by atomic mass is 15.3. The lowest BCUT2D eigenvalue weighted by molar-refractivity contribution is 1.13. The van der Waals surface area contributed by atoms with Gasteiger partial charge in [0, 0.05) is 34.1 Å². The van der Waals surface area contributed by atoms with Crippen LogP contribution in [0.3, 0.4) is 0 Å². The summed E-state index contributed by atoms with van der Waals surface area (Å²) in [4.78, 5) is 4.48. The predicted octanol–water partition coefficient (Wildman–Crippen LogP) is 16.4. The van der Waals surface area contributed by atoms with Crippen molar-refractivity contribution in [2.24, 2.45) is 10.2 Å². The maximum absolute atomic E-state index is 8.06. The summed E-state index contributed by atoms with van der Waals surface area (Å²) in [5.74, 6) is 0. The number of hydrazone groups is 2. The van der Waals surface area contributed by atoms with E-state index in [0.29, 0.717) is 22.8 Å². The van der Waals surface area contributed by atoms with Gasteiger partial charge in [-0.2, -0.15) is 10.2 Å². The molecule has 7 rings (SSSR count). The van der Waals surface area contributed by atoms with Gasteiger partial charge in [-0.05, 0) is 170 Å². The molecule has 0 aromatic heterocycles. The second-order valence-corrected chi connectivity index (χ2v) is 16.0. The van der Waals surface area contributed by atoms with E-state index >= 15 is 0 Å². The van der Waals surface area contributed by atoms with Crippen LogP contribution in [-0.2, 0) is 0 Å². The Labute approximate surface area is 407 Å². The summed E-state index contributed by atoms with van der Waals surface area (Å²) >= 11 is 0. The Morgan fingerprint density at radius 3 is 1.36 bits per heavy atom. The second kappa shape index (κ2) is 23.5. The molecule has 0 heterocycles. The summed E-state index contributed by atoms with van der Waals surface area (Å²) in [7, 11) is 0. The van der Waals surface area contributed by atoms with Gasteiger partial charge in [0.2, 0.25) is 0 Å². The molecule has 0 aliphatic heterocycles. The normalized spacial score (nSPS) is 13.5.